The molecule has 0 unspecified atom stereocenters. The Kier molecular flexibility index (Phi) is 4.41. The number of nitrogens with one attached hydrogen (secondary N) is 1. The van der Waals surface area contributed by atoms with Gasteiger partial charge < -0.3 is 4.52 Å². The molecule has 0 atom stereocenters. The zero-order valence-electron chi connectivity index (χ0n) is 13.0. The molecule has 1 aliphatic heterocycles. The van der Waals surface area contributed by atoms with Crippen LogP contribution < -0.4 is 4.72 Å². The summed E-state index contributed by atoms with van der Waals surface area (Å²) in [5.41, 5.74) is 1.53. The van der Waals surface area contributed by atoms with Crippen molar-refractivity contribution >= 4 is 44.4 Å². The molecule has 3 aromatic rings. The molecule has 8 nitrogen and oxygen atoms in total. The molecule has 1 aliphatic rings. The Hall–Kier alpha value is -2.40. The number of benzene rings is 2. The minimum Gasteiger partial charge on any atom is -0.338 e. The van der Waals surface area contributed by atoms with E-state index in [9.17, 15) is 8.42 Å². The van der Waals surface area contributed by atoms with Crippen LogP contribution in [0.4, 0.5) is 11.4 Å². The lowest BCUT2D eigenvalue weighted by molar-refractivity contribution is 0.376. The van der Waals surface area contributed by atoms with Gasteiger partial charge >= 0.3 is 0 Å². The van der Waals surface area contributed by atoms with Crippen LogP contribution in [-0.2, 0) is 27.9 Å². The predicted molar refractivity (Wildman–Crippen MR) is 96.8 cm³/mol. The third kappa shape index (κ3) is 3.31. The van der Waals surface area contributed by atoms with Crippen molar-refractivity contribution in [3.8, 4) is 11.4 Å². The summed E-state index contributed by atoms with van der Waals surface area (Å²) in [5, 5.41) is 4.38. The van der Waals surface area contributed by atoms with Crippen LogP contribution in [0.3, 0.4) is 0 Å². The molecule has 0 amide bonds. The minimum atomic E-state index is -3.81. The van der Waals surface area contributed by atoms with E-state index in [2.05, 4.69) is 23.6 Å². The minimum absolute atomic E-state index is 0.0540. The standard InChI is InChI=1S/C15H10ClN5O3S2/c16-10-4-1-3-9(7-10)15-18-13(24-19-15)8-17-26(22,23)12-6-2-5-11-14(12)21-25-20-11/h1-7,17H,8H2. The summed E-state index contributed by atoms with van der Waals surface area (Å²) in [6.45, 7) is -0.149. The number of rotatable bonds is 5. The first-order valence-electron chi connectivity index (χ1n) is 7.32. The fourth-order valence-electron chi connectivity index (χ4n) is 2.30. The van der Waals surface area contributed by atoms with E-state index in [4.69, 9.17) is 16.1 Å². The van der Waals surface area contributed by atoms with Crippen LogP contribution in [-0.4, -0.2) is 18.6 Å². The summed E-state index contributed by atoms with van der Waals surface area (Å²) in [7, 11) is -3.81. The van der Waals surface area contributed by atoms with Gasteiger partial charge in [-0.25, -0.2) is 13.1 Å². The van der Waals surface area contributed by atoms with E-state index < -0.39 is 10.0 Å². The van der Waals surface area contributed by atoms with Gasteiger partial charge in [0.05, 0.1) is 17.9 Å². The maximum Gasteiger partial charge on any atom is 0.243 e. The van der Waals surface area contributed by atoms with Gasteiger partial charge in [-0.1, -0.05) is 35.0 Å². The molecular weight excluding hydrogens is 398 g/mol. The van der Waals surface area contributed by atoms with Gasteiger partial charge in [0, 0.05) is 10.6 Å². The van der Waals surface area contributed by atoms with Crippen LogP contribution in [0.15, 0.2) is 60.6 Å². The summed E-state index contributed by atoms with van der Waals surface area (Å²) in [4.78, 5) is 4.24. The monoisotopic (exact) mass is 407 g/mol. The van der Waals surface area contributed by atoms with Crippen molar-refractivity contribution < 1.29 is 12.9 Å². The highest BCUT2D eigenvalue weighted by Crippen LogP contribution is 2.37. The topological polar surface area (TPSA) is 110 Å². The smallest absolute Gasteiger partial charge is 0.243 e. The van der Waals surface area contributed by atoms with Crippen LogP contribution in [0.1, 0.15) is 5.89 Å². The average molecular weight is 408 g/mol. The number of aromatic nitrogens is 2. The maximum atomic E-state index is 12.6. The van der Waals surface area contributed by atoms with Gasteiger partial charge in [0.2, 0.25) is 21.7 Å². The van der Waals surface area contributed by atoms with Crippen LogP contribution in [0.25, 0.3) is 11.4 Å². The molecule has 0 saturated carbocycles. The van der Waals surface area contributed by atoms with E-state index in [0.29, 0.717) is 27.8 Å². The summed E-state index contributed by atoms with van der Waals surface area (Å²) in [6.07, 6.45) is 0. The van der Waals surface area contributed by atoms with E-state index in [0.717, 1.165) is 11.4 Å². The normalized spacial score (nSPS) is 12.8. The average Bonchev–Trinajstić information content (AvgIpc) is 3.29. The molecule has 1 N–H and O–H groups in total. The second kappa shape index (κ2) is 6.72. The van der Waals surface area contributed by atoms with E-state index in [-0.39, 0.29) is 17.3 Å². The molecule has 26 heavy (non-hydrogen) atoms. The van der Waals surface area contributed by atoms with Gasteiger partial charge in [0.25, 0.3) is 0 Å². The fraction of sp³-hybridized carbons (Fsp3) is 0.0667. The molecule has 0 spiro atoms. The fourth-order valence-corrected chi connectivity index (χ4v) is 4.23. The van der Waals surface area contributed by atoms with Crippen molar-refractivity contribution in [2.45, 2.75) is 11.4 Å². The third-order valence-corrected chi connectivity index (χ3v) is 5.71. The first-order valence-corrected chi connectivity index (χ1v) is 9.91. The van der Waals surface area contributed by atoms with Crippen molar-refractivity contribution in [2.24, 2.45) is 8.73 Å². The number of sulfonamides is 1. The van der Waals surface area contributed by atoms with Gasteiger partial charge in [0.15, 0.2) is 0 Å². The van der Waals surface area contributed by atoms with Gasteiger partial charge in [-0.15, -0.1) is 0 Å². The zero-order valence-corrected chi connectivity index (χ0v) is 15.3. The van der Waals surface area contributed by atoms with E-state index in [1.54, 1.807) is 36.4 Å². The van der Waals surface area contributed by atoms with Crippen LogP contribution in [0.2, 0.25) is 5.02 Å². The predicted octanol–water partition coefficient (Wildman–Crippen LogP) is 3.59. The summed E-state index contributed by atoms with van der Waals surface area (Å²) in [6, 6.07) is 11.7. The molecule has 2 aromatic carbocycles. The highest BCUT2D eigenvalue weighted by molar-refractivity contribution is 7.89. The van der Waals surface area contributed by atoms with Crippen LogP contribution in [0.5, 0.6) is 0 Å². The Morgan fingerprint density at radius 2 is 2.00 bits per heavy atom. The first kappa shape index (κ1) is 17.0. The molecule has 0 saturated heterocycles. The Bertz CT molecular complexity index is 1170. The molecule has 0 aliphatic carbocycles. The zero-order chi connectivity index (χ0) is 18.1. The van der Waals surface area contributed by atoms with E-state index in [1.165, 1.54) is 6.07 Å². The molecule has 0 radical (unpaired) electrons. The van der Waals surface area contributed by atoms with Crippen molar-refractivity contribution in [3.05, 3.63) is 53.4 Å². The van der Waals surface area contributed by atoms with E-state index in [1.807, 2.05) is 0 Å². The lowest BCUT2D eigenvalue weighted by Crippen LogP contribution is -2.23. The number of fused-ring (bicyclic) bond motifs is 1. The molecule has 1 aromatic heterocycles. The van der Waals surface area contributed by atoms with Crippen molar-refractivity contribution in [3.63, 3.8) is 0 Å². The molecule has 0 fully saturated rings. The Morgan fingerprint density at radius 1 is 1.15 bits per heavy atom. The molecule has 2 heterocycles. The van der Waals surface area contributed by atoms with Crippen LogP contribution in [0, 0.1) is 0 Å². The van der Waals surface area contributed by atoms with Gasteiger partial charge in [-0.05, 0) is 24.3 Å². The summed E-state index contributed by atoms with van der Waals surface area (Å²) in [5.74, 6) is 0.458. The van der Waals surface area contributed by atoms with Gasteiger partial charge in [-0.3, -0.25) is 0 Å². The van der Waals surface area contributed by atoms with E-state index >= 15 is 0 Å². The number of hydrogen-bond donors (Lipinski definition) is 1. The Balaban J connectivity index is 1.53. The SMILES string of the molecule is O=S(=O)(NCc1nc(-c2cccc(Cl)c2)no1)c1cccc2c1N=S=N2. The van der Waals surface area contributed by atoms with Crippen LogP contribution >= 0.6 is 11.6 Å². The highest BCUT2D eigenvalue weighted by atomic mass is 35.5. The first-order chi connectivity index (χ1) is 12.5. The quantitative estimate of drug-likeness (QED) is 0.543. The summed E-state index contributed by atoms with van der Waals surface area (Å²) < 4.78 is 40.7. The lowest BCUT2D eigenvalue weighted by Gasteiger charge is -2.06. The molecular formula is C15H10ClN5O3S2. The third-order valence-electron chi connectivity index (χ3n) is 3.50. The lowest BCUT2D eigenvalue weighted by atomic mass is 10.2. The molecule has 132 valence electrons. The van der Waals surface area contributed by atoms with Crippen molar-refractivity contribution in [1.82, 2.24) is 14.9 Å². The van der Waals surface area contributed by atoms with Gasteiger partial charge in [0.1, 0.15) is 16.3 Å². The molecule has 4 rings (SSSR count). The molecule has 11 heteroatoms. The van der Waals surface area contributed by atoms with Crippen molar-refractivity contribution in [1.29, 1.82) is 0 Å². The largest absolute Gasteiger partial charge is 0.338 e. The number of hydrogen-bond acceptors (Lipinski definition) is 7. The van der Waals surface area contributed by atoms with Crippen molar-refractivity contribution in [2.75, 3.05) is 0 Å². The Morgan fingerprint density at radius 3 is 2.85 bits per heavy atom. The number of halogens is 1. The highest BCUT2D eigenvalue weighted by Gasteiger charge is 2.23. The number of nitrogens with zero attached hydrogens (tertiary/aromatic N) is 4. The second-order valence-electron chi connectivity index (χ2n) is 5.23. The summed E-state index contributed by atoms with van der Waals surface area (Å²) >= 11 is 6.90. The maximum absolute atomic E-state index is 12.6. The Labute approximate surface area is 157 Å². The van der Waals surface area contributed by atoms with Gasteiger partial charge in [-0.2, -0.15) is 13.7 Å². The second-order valence-corrected chi connectivity index (χ2v) is 7.93. The molecule has 0 bridgehead atoms.